The Kier molecular flexibility index (Phi) is 3.77. The van der Waals surface area contributed by atoms with Gasteiger partial charge in [-0.3, -0.25) is 9.97 Å². The molecule has 2 heterocycles. The van der Waals surface area contributed by atoms with E-state index in [4.69, 9.17) is 9.97 Å². The van der Waals surface area contributed by atoms with E-state index in [9.17, 15) is 0 Å². The molecule has 3 nitrogen and oxygen atoms in total. The van der Waals surface area contributed by atoms with Crippen molar-refractivity contribution in [2.45, 2.75) is 39.5 Å². The van der Waals surface area contributed by atoms with Crippen molar-refractivity contribution in [3.8, 4) is 11.3 Å². The number of aryl methyl sites for hydroxylation is 4. The third kappa shape index (κ3) is 2.38. The lowest BCUT2D eigenvalue weighted by molar-refractivity contribution is -0.661. The molecule has 0 saturated carbocycles. The number of aromatic nitrogens is 3. The van der Waals surface area contributed by atoms with Crippen molar-refractivity contribution in [2.75, 3.05) is 0 Å². The number of hydrogen-bond acceptors (Lipinski definition) is 2. The number of pyridine rings is 1. The lowest BCUT2D eigenvalue weighted by atomic mass is 9.62. The molecule has 0 fully saturated rings. The van der Waals surface area contributed by atoms with E-state index in [2.05, 4.69) is 81.9 Å². The standard InChI is InChI=1S/C28H26N3/c1-15-12-16(2)18(4)21(13-15)28-25-22(17(3)14-31(28)5)23-19-8-6-7-9-20(19)24(25)27-26(23)29-10-11-30-27/h6-14,23-24H,1-5H3/q+1. The Hall–Kier alpha value is -3.33. The van der Waals surface area contributed by atoms with Crippen LogP contribution in [0.2, 0.25) is 0 Å². The Balaban J connectivity index is 1.77. The zero-order valence-electron chi connectivity index (χ0n) is 18.7. The fourth-order valence-electron chi connectivity index (χ4n) is 5.97. The van der Waals surface area contributed by atoms with E-state index in [1.54, 1.807) is 0 Å². The van der Waals surface area contributed by atoms with Crippen LogP contribution in [0.1, 0.15) is 67.7 Å². The minimum absolute atomic E-state index is 0.112. The first kappa shape index (κ1) is 18.4. The molecule has 3 aliphatic carbocycles. The first-order valence-electron chi connectivity index (χ1n) is 11.0. The Bertz CT molecular complexity index is 1350. The monoisotopic (exact) mass is 404 g/mol. The summed E-state index contributed by atoms with van der Waals surface area (Å²) < 4.78 is 2.33. The van der Waals surface area contributed by atoms with Crippen molar-refractivity contribution in [3.63, 3.8) is 0 Å². The second-order valence-corrected chi connectivity index (χ2v) is 9.18. The zero-order valence-corrected chi connectivity index (χ0v) is 18.7. The Morgan fingerprint density at radius 3 is 2.03 bits per heavy atom. The van der Waals surface area contributed by atoms with Crippen LogP contribution in [0.15, 0.2) is 55.0 Å². The summed E-state index contributed by atoms with van der Waals surface area (Å²) in [5.41, 5.74) is 15.8. The lowest BCUT2D eigenvalue weighted by Crippen LogP contribution is -2.39. The molecule has 0 amide bonds. The van der Waals surface area contributed by atoms with Gasteiger partial charge in [-0.1, -0.05) is 35.9 Å². The maximum absolute atomic E-state index is 4.88. The highest BCUT2D eigenvalue weighted by Gasteiger charge is 2.47. The summed E-state index contributed by atoms with van der Waals surface area (Å²) in [5, 5.41) is 0. The van der Waals surface area contributed by atoms with Crippen LogP contribution < -0.4 is 4.57 Å². The maximum Gasteiger partial charge on any atom is 0.217 e. The van der Waals surface area contributed by atoms with Gasteiger partial charge in [0.15, 0.2) is 6.20 Å². The van der Waals surface area contributed by atoms with Crippen LogP contribution in [0.3, 0.4) is 0 Å². The maximum atomic E-state index is 4.88. The second kappa shape index (κ2) is 6.34. The Morgan fingerprint density at radius 2 is 1.39 bits per heavy atom. The molecule has 0 saturated heterocycles. The van der Waals surface area contributed by atoms with Crippen LogP contribution in [0.5, 0.6) is 0 Å². The summed E-state index contributed by atoms with van der Waals surface area (Å²) in [6.07, 6.45) is 5.99. The van der Waals surface area contributed by atoms with Gasteiger partial charge in [0.25, 0.3) is 0 Å². The van der Waals surface area contributed by atoms with Crippen LogP contribution in [0.4, 0.5) is 0 Å². The van der Waals surface area contributed by atoms with E-state index < -0.39 is 0 Å². The van der Waals surface area contributed by atoms with Crippen molar-refractivity contribution >= 4 is 0 Å². The molecule has 2 atom stereocenters. The van der Waals surface area contributed by atoms with Crippen LogP contribution in [0, 0.1) is 27.7 Å². The molecule has 2 unspecified atom stereocenters. The Labute approximate surface area is 183 Å². The number of nitrogens with zero attached hydrogens (tertiary/aromatic N) is 3. The van der Waals surface area contributed by atoms with Crippen molar-refractivity contribution < 1.29 is 4.57 Å². The molecule has 4 aromatic rings. The van der Waals surface area contributed by atoms with Gasteiger partial charge in [-0.2, -0.15) is 0 Å². The number of hydrogen-bond donors (Lipinski definition) is 0. The molecule has 3 heteroatoms. The summed E-state index contributed by atoms with van der Waals surface area (Å²) in [7, 11) is 2.19. The summed E-state index contributed by atoms with van der Waals surface area (Å²) in [6.45, 7) is 8.91. The topological polar surface area (TPSA) is 29.7 Å². The van der Waals surface area contributed by atoms with Gasteiger partial charge in [0.05, 0.1) is 23.2 Å². The molecule has 0 spiro atoms. The normalized spacial score (nSPS) is 17.8. The van der Waals surface area contributed by atoms with Gasteiger partial charge in [-0.25, -0.2) is 4.57 Å². The molecule has 3 aliphatic rings. The van der Waals surface area contributed by atoms with E-state index >= 15 is 0 Å². The van der Waals surface area contributed by atoms with Gasteiger partial charge in [0.2, 0.25) is 5.69 Å². The van der Waals surface area contributed by atoms with E-state index in [1.165, 1.54) is 55.8 Å². The fourth-order valence-corrected chi connectivity index (χ4v) is 5.97. The summed E-state index contributed by atoms with van der Waals surface area (Å²) >= 11 is 0. The molecule has 152 valence electrons. The predicted octanol–water partition coefficient (Wildman–Crippen LogP) is 5.19. The quantitative estimate of drug-likeness (QED) is 0.353. The SMILES string of the molecule is Cc1cc(C)c(C)c(-c2c3c(c(C)c[n+]2C)C2c4ccccc4C3c3nccnc32)c1. The first-order chi connectivity index (χ1) is 15.0. The number of rotatable bonds is 1. The van der Waals surface area contributed by atoms with Gasteiger partial charge in [-0.15, -0.1) is 0 Å². The minimum atomic E-state index is 0.112. The lowest BCUT2D eigenvalue weighted by Gasteiger charge is -2.41. The van der Waals surface area contributed by atoms with E-state index in [0.717, 1.165) is 11.4 Å². The molecule has 0 radical (unpaired) electrons. The number of benzene rings is 2. The highest BCUT2D eigenvalue weighted by Crippen LogP contribution is 2.56. The summed E-state index contributed by atoms with van der Waals surface area (Å²) in [6, 6.07) is 13.5. The zero-order chi connectivity index (χ0) is 21.4. The molecule has 7 rings (SSSR count). The van der Waals surface area contributed by atoms with Crippen molar-refractivity contribution in [2.24, 2.45) is 7.05 Å². The minimum Gasteiger partial charge on any atom is -0.257 e. The molecule has 2 aromatic heterocycles. The molecule has 0 aliphatic heterocycles. The average molecular weight is 405 g/mol. The van der Waals surface area contributed by atoms with Gasteiger partial charge in [0.1, 0.15) is 7.05 Å². The van der Waals surface area contributed by atoms with Crippen LogP contribution in [0.25, 0.3) is 11.3 Å². The Morgan fingerprint density at radius 1 is 0.774 bits per heavy atom. The second-order valence-electron chi connectivity index (χ2n) is 9.18. The first-order valence-corrected chi connectivity index (χ1v) is 11.0. The molecular weight excluding hydrogens is 378 g/mol. The largest absolute Gasteiger partial charge is 0.257 e. The third-order valence-corrected chi connectivity index (χ3v) is 7.28. The van der Waals surface area contributed by atoms with Crippen molar-refractivity contribution in [1.29, 1.82) is 0 Å². The fraction of sp³-hybridized carbons (Fsp3) is 0.250. The molecule has 0 N–H and O–H groups in total. The van der Waals surface area contributed by atoms with Crippen LogP contribution >= 0.6 is 0 Å². The van der Waals surface area contributed by atoms with Gasteiger partial charge < -0.3 is 0 Å². The third-order valence-electron chi connectivity index (χ3n) is 7.28. The molecule has 2 bridgehead atoms. The van der Waals surface area contributed by atoms with Crippen molar-refractivity contribution in [3.05, 3.63) is 111 Å². The smallest absolute Gasteiger partial charge is 0.217 e. The average Bonchev–Trinajstić information content (AvgIpc) is 2.76. The highest BCUT2D eigenvalue weighted by atomic mass is 14.9. The molecule has 2 aromatic carbocycles. The van der Waals surface area contributed by atoms with E-state index in [0.29, 0.717) is 0 Å². The highest BCUT2D eigenvalue weighted by molar-refractivity contribution is 5.76. The van der Waals surface area contributed by atoms with Gasteiger partial charge in [0, 0.05) is 29.1 Å². The van der Waals surface area contributed by atoms with E-state index in [-0.39, 0.29) is 11.8 Å². The summed E-state index contributed by atoms with van der Waals surface area (Å²) in [5.74, 6) is 0.257. The van der Waals surface area contributed by atoms with Gasteiger partial charge >= 0.3 is 0 Å². The van der Waals surface area contributed by atoms with Gasteiger partial charge in [-0.05, 0) is 61.6 Å². The van der Waals surface area contributed by atoms with Crippen LogP contribution in [-0.2, 0) is 7.05 Å². The predicted molar refractivity (Wildman–Crippen MR) is 122 cm³/mol. The summed E-state index contributed by atoms with van der Waals surface area (Å²) in [4.78, 5) is 9.72. The van der Waals surface area contributed by atoms with Crippen LogP contribution in [-0.4, -0.2) is 9.97 Å². The molecular formula is C28H26N3+. The van der Waals surface area contributed by atoms with Crippen molar-refractivity contribution in [1.82, 2.24) is 9.97 Å². The molecule has 31 heavy (non-hydrogen) atoms. The van der Waals surface area contributed by atoms with E-state index in [1.807, 2.05) is 12.4 Å².